The molecule has 1 rings (SSSR count). The molecular formula is C11H14F2O10. The minimum absolute atomic E-state index is 0.677. The number of carbonyl (C=O) groups excluding carboxylic acids is 3. The molecule has 3 atom stereocenters. The Kier molecular flexibility index (Phi) is 5.26. The van der Waals surface area contributed by atoms with Gasteiger partial charge in [0.15, 0.2) is 0 Å². The van der Waals surface area contributed by atoms with Gasteiger partial charge in [-0.3, -0.25) is 14.5 Å². The van der Waals surface area contributed by atoms with Crippen LogP contribution in [0.1, 0.15) is 20.8 Å². The van der Waals surface area contributed by atoms with E-state index in [-0.39, 0.29) is 0 Å². The number of carbonyl (C=O) groups is 3. The SMILES string of the molecule is CC(=O)OOC1(OC(C)=O)OC[C@@H](O)[C@](O)(OC(C)=O)C1(F)F. The smallest absolute Gasteiger partial charge is 0.423 e. The van der Waals surface area contributed by atoms with E-state index in [0.717, 1.165) is 6.92 Å². The number of aliphatic hydroxyl groups is 2. The average molecular weight is 344 g/mol. The lowest BCUT2D eigenvalue weighted by atomic mass is 9.97. The van der Waals surface area contributed by atoms with E-state index in [4.69, 9.17) is 0 Å². The lowest BCUT2D eigenvalue weighted by molar-refractivity contribution is -0.573. The highest BCUT2D eigenvalue weighted by Crippen LogP contribution is 2.48. The third-order valence-electron chi connectivity index (χ3n) is 2.56. The number of alkyl halides is 2. The Morgan fingerprint density at radius 1 is 1.09 bits per heavy atom. The molecule has 0 aromatic heterocycles. The Labute approximate surface area is 127 Å². The normalized spacial score (nSPS) is 32.7. The van der Waals surface area contributed by atoms with E-state index < -0.39 is 48.3 Å². The summed E-state index contributed by atoms with van der Waals surface area (Å²) >= 11 is 0. The van der Waals surface area contributed by atoms with Gasteiger partial charge < -0.3 is 24.4 Å². The van der Waals surface area contributed by atoms with Gasteiger partial charge in [0, 0.05) is 20.8 Å². The molecule has 0 aromatic rings. The Morgan fingerprint density at radius 3 is 2.04 bits per heavy atom. The van der Waals surface area contributed by atoms with Crippen molar-refractivity contribution in [2.75, 3.05) is 6.61 Å². The maximum atomic E-state index is 14.6. The van der Waals surface area contributed by atoms with Crippen LogP contribution < -0.4 is 0 Å². The van der Waals surface area contributed by atoms with E-state index in [1.807, 2.05) is 0 Å². The molecule has 23 heavy (non-hydrogen) atoms. The summed E-state index contributed by atoms with van der Waals surface area (Å²) in [4.78, 5) is 40.7. The summed E-state index contributed by atoms with van der Waals surface area (Å²) in [6.07, 6.45) is -2.42. The lowest BCUT2D eigenvalue weighted by Crippen LogP contribution is -2.76. The van der Waals surface area contributed by atoms with Gasteiger partial charge in [0.1, 0.15) is 6.10 Å². The van der Waals surface area contributed by atoms with Crippen molar-refractivity contribution >= 4 is 17.9 Å². The van der Waals surface area contributed by atoms with Crippen molar-refractivity contribution < 1.29 is 57.4 Å². The lowest BCUT2D eigenvalue weighted by Gasteiger charge is -2.48. The fraction of sp³-hybridized carbons (Fsp3) is 0.727. The van der Waals surface area contributed by atoms with Crippen molar-refractivity contribution in [3.8, 4) is 0 Å². The molecule has 0 amide bonds. The van der Waals surface area contributed by atoms with Gasteiger partial charge >= 0.3 is 35.6 Å². The molecule has 0 spiro atoms. The first kappa shape index (κ1) is 19.2. The quantitative estimate of drug-likeness (QED) is 0.282. The molecule has 1 aliphatic rings. The summed E-state index contributed by atoms with van der Waals surface area (Å²) in [6.45, 7) is 1.02. The highest BCUT2D eigenvalue weighted by atomic mass is 19.3. The number of ether oxygens (including phenoxy) is 3. The summed E-state index contributed by atoms with van der Waals surface area (Å²) < 4.78 is 41.9. The average Bonchev–Trinajstić information content (AvgIpc) is 2.38. The number of rotatable bonds is 4. The maximum Gasteiger partial charge on any atom is 0.440 e. The summed E-state index contributed by atoms with van der Waals surface area (Å²) in [6, 6.07) is 0. The minimum atomic E-state index is -4.88. The molecule has 1 unspecified atom stereocenters. The van der Waals surface area contributed by atoms with Crippen LogP contribution in [0.25, 0.3) is 0 Å². The van der Waals surface area contributed by atoms with E-state index in [2.05, 4.69) is 24.0 Å². The van der Waals surface area contributed by atoms with E-state index >= 15 is 0 Å². The second-order valence-corrected chi connectivity index (χ2v) is 4.50. The third kappa shape index (κ3) is 3.39. The van der Waals surface area contributed by atoms with E-state index in [9.17, 15) is 33.4 Å². The van der Waals surface area contributed by atoms with Crippen LogP contribution in [0.5, 0.6) is 0 Å². The first-order valence-electron chi connectivity index (χ1n) is 6.05. The number of aliphatic hydroxyl groups excluding tert-OH is 1. The Hall–Kier alpha value is -1.89. The van der Waals surface area contributed by atoms with Gasteiger partial charge in [0.05, 0.1) is 6.61 Å². The van der Waals surface area contributed by atoms with Crippen LogP contribution in [0.4, 0.5) is 8.78 Å². The van der Waals surface area contributed by atoms with Crippen molar-refractivity contribution in [2.24, 2.45) is 0 Å². The molecule has 1 saturated heterocycles. The highest BCUT2D eigenvalue weighted by molar-refractivity contribution is 5.67. The largest absolute Gasteiger partial charge is 0.440 e. The maximum absolute atomic E-state index is 14.6. The third-order valence-corrected chi connectivity index (χ3v) is 2.56. The molecule has 0 aliphatic carbocycles. The molecular weight excluding hydrogens is 330 g/mol. The molecule has 1 fully saturated rings. The summed E-state index contributed by atoms with van der Waals surface area (Å²) in [5, 5.41) is 19.4. The molecule has 2 N–H and O–H groups in total. The predicted octanol–water partition coefficient (Wildman–Crippen LogP) is -1.02. The molecule has 0 aromatic carbocycles. The monoisotopic (exact) mass is 344 g/mol. The molecule has 0 saturated carbocycles. The Bertz CT molecular complexity index is 509. The molecule has 0 radical (unpaired) electrons. The van der Waals surface area contributed by atoms with Gasteiger partial charge in [-0.05, 0) is 0 Å². The van der Waals surface area contributed by atoms with E-state index in [1.54, 1.807) is 0 Å². The van der Waals surface area contributed by atoms with Crippen molar-refractivity contribution in [1.29, 1.82) is 0 Å². The molecule has 12 heteroatoms. The van der Waals surface area contributed by atoms with Crippen LogP contribution >= 0.6 is 0 Å². The standard InChI is InChI=1S/C11H14F2O10/c1-5(14)20-9(18)8(17)4-19-11(10(9,12)13,21-6(2)15)23-22-7(3)16/h8,17-18H,4H2,1-3H3/t8-,9+,11?/m1/s1. The van der Waals surface area contributed by atoms with Crippen molar-refractivity contribution in [3.05, 3.63) is 0 Å². The van der Waals surface area contributed by atoms with Gasteiger partial charge in [0.2, 0.25) is 0 Å². The summed E-state index contributed by atoms with van der Waals surface area (Å²) in [5.74, 6) is -16.5. The fourth-order valence-electron chi connectivity index (χ4n) is 1.66. The first-order valence-corrected chi connectivity index (χ1v) is 6.05. The second-order valence-electron chi connectivity index (χ2n) is 4.50. The Morgan fingerprint density at radius 2 is 1.61 bits per heavy atom. The van der Waals surface area contributed by atoms with E-state index in [0.29, 0.717) is 13.8 Å². The van der Waals surface area contributed by atoms with E-state index in [1.165, 1.54) is 0 Å². The van der Waals surface area contributed by atoms with Gasteiger partial charge in [-0.2, -0.15) is 8.78 Å². The molecule has 1 aliphatic heterocycles. The summed E-state index contributed by atoms with van der Waals surface area (Å²) in [7, 11) is 0. The zero-order chi connectivity index (χ0) is 18.1. The van der Waals surface area contributed by atoms with Crippen LogP contribution in [0.2, 0.25) is 0 Å². The fourth-order valence-corrected chi connectivity index (χ4v) is 1.66. The van der Waals surface area contributed by atoms with Crippen LogP contribution in [0.15, 0.2) is 0 Å². The topological polar surface area (TPSA) is 138 Å². The van der Waals surface area contributed by atoms with Gasteiger partial charge in [-0.1, -0.05) is 4.89 Å². The van der Waals surface area contributed by atoms with Gasteiger partial charge in [-0.15, -0.1) is 0 Å². The van der Waals surface area contributed by atoms with Crippen LogP contribution in [-0.2, 0) is 38.4 Å². The first-order chi connectivity index (χ1) is 10.4. The van der Waals surface area contributed by atoms with Crippen molar-refractivity contribution in [1.82, 2.24) is 0 Å². The minimum Gasteiger partial charge on any atom is -0.423 e. The van der Waals surface area contributed by atoms with Crippen LogP contribution in [0.3, 0.4) is 0 Å². The van der Waals surface area contributed by atoms with Gasteiger partial charge in [0.25, 0.3) is 0 Å². The molecule has 1 heterocycles. The van der Waals surface area contributed by atoms with Crippen LogP contribution in [0, 0.1) is 0 Å². The van der Waals surface area contributed by atoms with Gasteiger partial charge in [-0.25, -0.2) is 4.79 Å². The number of hydrogen-bond donors (Lipinski definition) is 2. The van der Waals surface area contributed by atoms with Crippen LogP contribution in [-0.4, -0.2) is 58.5 Å². The van der Waals surface area contributed by atoms with Crippen molar-refractivity contribution in [3.63, 3.8) is 0 Å². The number of esters is 2. The second kappa shape index (κ2) is 6.31. The summed E-state index contributed by atoms with van der Waals surface area (Å²) in [5.41, 5.74) is 0. The number of halogens is 2. The predicted molar refractivity (Wildman–Crippen MR) is 61.0 cm³/mol. The zero-order valence-electron chi connectivity index (χ0n) is 12.2. The molecule has 0 bridgehead atoms. The molecule has 132 valence electrons. The number of hydrogen-bond acceptors (Lipinski definition) is 10. The zero-order valence-corrected chi connectivity index (χ0v) is 12.2. The highest BCUT2D eigenvalue weighted by Gasteiger charge is 2.80. The van der Waals surface area contributed by atoms with Crippen molar-refractivity contribution in [2.45, 2.75) is 44.6 Å². The Balaban J connectivity index is 3.35. The molecule has 10 nitrogen and oxygen atoms in total.